The van der Waals surface area contributed by atoms with E-state index in [0.717, 1.165) is 49.7 Å². The number of aromatic nitrogens is 3. The molecule has 2 aliphatic rings. The molecule has 168 valence electrons. The summed E-state index contributed by atoms with van der Waals surface area (Å²) in [5, 5.41) is 15.8. The number of rotatable bonds is 8. The molecule has 8 heteroatoms. The average molecular weight is 442 g/mol. The molecule has 1 aliphatic heterocycles. The van der Waals surface area contributed by atoms with Crippen molar-refractivity contribution in [3.8, 4) is 23.1 Å². The van der Waals surface area contributed by atoms with E-state index in [1.807, 2.05) is 12.3 Å². The molecule has 0 aromatic carbocycles. The number of nitrogens with one attached hydrogen (secondary N) is 2. The predicted molar refractivity (Wildman–Crippen MR) is 126 cm³/mol. The molecular weight excluding hydrogens is 414 g/mol. The standard InChI is InChI=1S/C25H27N7O/c26-15-18-3-4-29-24(11-18)31-25-14-20(19-1-2-19)13-23(30-25)21-12-22(17-28-16-21)33-10-9-32-7-5-27-6-8-32/h3-4,11-14,16-17,19,27H,1-2,5-10H2,(H,29,30,31). The number of nitrogens with zero attached hydrogens (tertiary/aromatic N) is 5. The minimum atomic E-state index is 0.556. The molecule has 0 bridgehead atoms. The lowest BCUT2D eigenvalue weighted by atomic mass is 10.1. The summed E-state index contributed by atoms with van der Waals surface area (Å²) >= 11 is 0. The maximum Gasteiger partial charge on any atom is 0.138 e. The third kappa shape index (κ3) is 5.64. The summed E-state index contributed by atoms with van der Waals surface area (Å²) in [6, 6.07) is 11.8. The fourth-order valence-corrected chi connectivity index (χ4v) is 3.98. The van der Waals surface area contributed by atoms with E-state index in [0.29, 0.717) is 29.7 Å². The average Bonchev–Trinajstić information content (AvgIpc) is 3.71. The summed E-state index contributed by atoms with van der Waals surface area (Å²) in [6.07, 6.45) is 7.58. The molecule has 1 saturated heterocycles. The molecule has 0 atom stereocenters. The number of nitriles is 1. The van der Waals surface area contributed by atoms with Crippen molar-refractivity contribution in [2.75, 3.05) is 44.6 Å². The third-order valence-corrected chi connectivity index (χ3v) is 5.94. The fourth-order valence-electron chi connectivity index (χ4n) is 3.98. The van der Waals surface area contributed by atoms with Gasteiger partial charge in [-0.3, -0.25) is 9.88 Å². The quantitative estimate of drug-likeness (QED) is 0.549. The van der Waals surface area contributed by atoms with Crippen LogP contribution in [0.2, 0.25) is 0 Å². The van der Waals surface area contributed by atoms with Crippen LogP contribution in [0.3, 0.4) is 0 Å². The van der Waals surface area contributed by atoms with E-state index in [9.17, 15) is 0 Å². The Morgan fingerprint density at radius 2 is 2.00 bits per heavy atom. The van der Waals surface area contributed by atoms with Gasteiger partial charge in [0.25, 0.3) is 0 Å². The topological polar surface area (TPSA) is 99.0 Å². The smallest absolute Gasteiger partial charge is 0.138 e. The van der Waals surface area contributed by atoms with Crippen molar-refractivity contribution in [1.29, 1.82) is 5.26 Å². The van der Waals surface area contributed by atoms with Gasteiger partial charge in [0.1, 0.15) is 24.0 Å². The number of hydrogen-bond donors (Lipinski definition) is 2. The van der Waals surface area contributed by atoms with Crippen molar-refractivity contribution in [3.63, 3.8) is 0 Å². The van der Waals surface area contributed by atoms with Gasteiger partial charge in [0.2, 0.25) is 0 Å². The van der Waals surface area contributed by atoms with E-state index < -0.39 is 0 Å². The highest BCUT2D eigenvalue weighted by Gasteiger charge is 2.25. The van der Waals surface area contributed by atoms with Crippen molar-refractivity contribution < 1.29 is 4.74 Å². The van der Waals surface area contributed by atoms with E-state index in [1.54, 1.807) is 24.5 Å². The van der Waals surface area contributed by atoms with Crippen LogP contribution < -0.4 is 15.4 Å². The van der Waals surface area contributed by atoms with Gasteiger partial charge in [-0.15, -0.1) is 0 Å². The highest BCUT2D eigenvalue weighted by atomic mass is 16.5. The van der Waals surface area contributed by atoms with Crippen LogP contribution in [-0.2, 0) is 0 Å². The zero-order valence-corrected chi connectivity index (χ0v) is 18.5. The van der Waals surface area contributed by atoms with Crippen LogP contribution in [0.15, 0.2) is 48.9 Å². The molecule has 0 amide bonds. The Morgan fingerprint density at radius 3 is 2.82 bits per heavy atom. The van der Waals surface area contributed by atoms with Crippen molar-refractivity contribution in [3.05, 3.63) is 60.0 Å². The summed E-state index contributed by atoms with van der Waals surface area (Å²) in [5.74, 6) is 2.63. The third-order valence-electron chi connectivity index (χ3n) is 5.94. The Kier molecular flexibility index (Phi) is 6.42. The van der Waals surface area contributed by atoms with Gasteiger partial charge in [-0.2, -0.15) is 5.26 Å². The molecule has 1 aliphatic carbocycles. The van der Waals surface area contributed by atoms with Gasteiger partial charge in [-0.05, 0) is 54.7 Å². The van der Waals surface area contributed by atoms with E-state index in [-0.39, 0.29) is 0 Å². The van der Waals surface area contributed by atoms with Crippen LogP contribution in [0.25, 0.3) is 11.3 Å². The summed E-state index contributed by atoms with van der Waals surface area (Å²) in [5.41, 5.74) is 3.57. The molecule has 8 nitrogen and oxygen atoms in total. The Labute approximate surface area is 193 Å². The van der Waals surface area contributed by atoms with E-state index >= 15 is 0 Å². The van der Waals surface area contributed by atoms with Gasteiger partial charge < -0.3 is 15.4 Å². The molecule has 3 aromatic heterocycles. The Morgan fingerprint density at radius 1 is 1.12 bits per heavy atom. The summed E-state index contributed by atoms with van der Waals surface area (Å²) in [4.78, 5) is 15.9. The van der Waals surface area contributed by atoms with Crippen LogP contribution in [-0.4, -0.2) is 59.2 Å². The Balaban J connectivity index is 1.33. The van der Waals surface area contributed by atoms with Gasteiger partial charge in [-0.1, -0.05) is 0 Å². The lowest BCUT2D eigenvalue weighted by Crippen LogP contribution is -2.44. The van der Waals surface area contributed by atoms with Gasteiger partial charge in [0.05, 0.1) is 23.5 Å². The lowest BCUT2D eigenvalue weighted by Gasteiger charge is -2.26. The van der Waals surface area contributed by atoms with Crippen LogP contribution in [0.5, 0.6) is 5.75 Å². The molecule has 2 fully saturated rings. The first-order chi connectivity index (χ1) is 16.3. The number of anilines is 2. The fraction of sp³-hybridized carbons (Fsp3) is 0.360. The molecule has 3 aromatic rings. The van der Waals surface area contributed by atoms with Gasteiger partial charge in [0.15, 0.2) is 0 Å². The summed E-state index contributed by atoms with van der Waals surface area (Å²) < 4.78 is 6.00. The minimum Gasteiger partial charge on any atom is -0.491 e. The zero-order chi connectivity index (χ0) is 22.5. The molecule has 4 heterocycles. The Bertz CT molecular complexity index is 1150. The normalized spacial score (nSPS) is 16.2. The molecule has 0 radical (unpaired) electrons. The summed E-state index contributed by atoms with van der Waals surface area (Å²) in [6.45, 7) is 5.72. The maximum atomic E-state index is 9.16. The molecule has 0 spiro atoms. The molecule has 0 unspecified atom stereocenters. The van der Waals surface area contributed by atoms with Gasteiger partial charge >= 0.3 is 0 Å². The first kappa shape index (κ1) is 21.3. The SMILES string of the molecule is N#Cc1ccnc(Nc2cc(C3CC3)cc(-c3cncc(OCCN4CCNCC4)c3)n2)c1. The van der Waals surface area contributed by atoms with Crippen LogP contribution in [0, 0.1) is 11.3 Å². The van der Waals surface area contributed by atoms with Gasteiger partial charge in [-0.25, -0.2) is 9.97 Å². The number of ether oxygens (including phenoxy) is 1. The van der Waals surface area contributed by atoms with Crippen molar-refractivity contribution in [2.24, 2.45) is 0 Å². The van der Waals surface area contributed by atoms with Gasteiger partial charge in [0, 0.05) is 50.7 Å². The maximum absolute atomic E-state index is 9.16. The minimum absolute atomic E-state index is 0.556. The lowest BCUT2D eigenvalue weighted by molar-refractivity contribution is 0.191. The van der Waals surface area contributed by atoms with Crippen molar-refractivity contribution in [1.82, 2.24) is 25.2 Å². The second kappa shape index (κ2) is 9.94. The molecular formula is C25H27N7O. The van der Waals surface area contributed by atoms with E-state index in [2.05, 4.69) is 43.7 Å². The number of hydrogen-bond acceptors (Lipinski definition) is 8. The van der Waals surface area contributed by atoms with E-state index in [1.165, 1.54) is 18.4 Å². The molecule has 2 N–H and O–H groups in total. The van der Waals surface area contributed by atoms with E-state index in [4.69, 9.17) is 15.0 Å². The molecule has 1 saturated carbocycles. The van der Waals surface area contributed by atoms with Crippen LogP contribution in [0.4, 0.5) is 11.6 Å². The van der Waals surface area contributed by atoms with Crippen LogP contribution >= 0.6 is 0 Å². The predicted octanol–water partition coefficient (Wildman–Crippen LogP) is 3.32. The number of piperazine rings is 1. The molecule has 5 rings (SSSR count). The largest absolute Gasteiger partial charge is 0.491 e. The highest BCUT2D eigenvalue weighted by molar-refractivity contribution is 5.65. The van der Waals surface area contributed by atoms with Crippen molar-refractivity contribution >= 4 is 11.6 Å². The monoisotopic (exact) mass is 441 g/mol. The Hall–Kier alpha value is -3.54. The zero-order valence-electron chi connectivity index (χ0n) is 18.5. The summed E-state index contributed by atoms with van der Waals surface area (Å²) in [7, 11) is 0. The van der Waals surface area contributed by atoms with Crippen molar-refractivity contribution in [2.45, 2.75) is 18.8 Å². The second-order valence-electron chi connectivity index (χ2n) is 8.46. The molecule has 33 heavy (non-hydrogen) atoms. The number of pyridine rings is 3. The first-order valence-corrected chi connectivity index (χ1v) is 11.4. The van der Waals surface area contributed by atoms with Crippen LogP contribution in [0.1, 0.15) is 29.9 Å². The second-order valence-corrected chi connectivity index (χ2v) is 8.46. The first-order valence-electron chi connectivity index (χ1n) is 11.4. The highest BCUT2D eigenvalue weighted by Crippen LogP contribution is 2.42.